The minimum absolute atomic E-state index is 0.0278. The van der Waals surface area contributed by atoms with Gasteiger partial charge < -0.3 is 19.7 Å². The number of rotatable bonds is 7. The summed E-state index contributed by atoms with van der Waals surface area (Å²) < 4.78 is 9.22. The van der Waals surface area contributed by atoms with E-state index in [0.717, 1.165) is 0 Å². The normalized spacial score (nSPS) is 8.73. The largest absolute Gasteiger partial charge is 0.461 e. The van der Waals surface area contributed by atoms with Gasteiger partial charge in [0, 0.05) is 6.42 Å². The smallest absolute Gasteiger partial charge is 0.305 e. The van der Waals surface area contributed by atoms with Crippen LogP contribution in [-0.4, -0.2) is 49.2 Å². The van der Waals surface area contributed by atoms with Crippen molar-refractivity contribution in [3.05, 3.63) is 12.7 Å². The zero-order chi connectivity index (χ0) is 11.9. The molecule has 0 aromatic heterocycles. The van der Waals surface area contributed by atoms with E-state index in [2.05, 4.69) is 16.1 Å². The van der Waals surface area contributed by atoms with Crippen molar-refractivity contribution >= 4 is 5.97 Å². The Morgan fingerprint density at radius 2 is 1.87 bits per heavy atom. The van der Waals surface area contributed by atoms with Crippen LogP contribution >= 0.6 is 0 Å². The first-order chi connectivity index (χ1) is 7.22. The Hall–Kier alpha value is -0.910. The number of ether oxygens (including phenoxy) is 2. The lowest BCUT2D eigenvalue weighted by molar-refractivity contribution is -0.141. The number of aliphatic hydroxyl groups is 2. The predicted octanol–water partition coefficient (Wildman–Crippen LogP) is 0.113. The third kappa shape index (κ3) is 19.5. The summed E-state index contributed by atoms with van der Waals surface area (Å²) in [4.78, 5) is 10.3. The summed E-state index contributed by atoms with van der Waals surface area (Å²) in [6, 6.07) is 0. The fourth-order valence-electron chi connectivity index (χ4n) is 0.485. The van der Waals surface area contributed by atoms with Gasteiger partial charge >= 0.3 is 5.97 Å². The molecule has 15 heavy (non-hydrogen) atoms. The fourth-order valence-corrected chi connectivity index (χ4v) is 0.485. The molecule has 5 nitrogen and oxygen atoms in total. The molecule has 0 spiro atoms. The van der Waals surface area contributed by atoms with Crippen LogP contribution in [-0.2, 0) is 14.3 Å². The second kappa shape index (κ2) is 15.6. The number of carbonyl (C=O) groups is 1. The molecule has 0 aliphatic carbocycles. The standard InChI is InChI=1S/C6H10O2.C4H10O3/c1-3-5-8-6(7)4-2;5-1-3-7-4-2-6/h3H,1,4-5H2,2H3;5-6H,1-4H2. The molecule has 0 heterocycles. The van der Waals surface area contributed by atoms with Gasteiger partial charge in [-0.25, -0.2) is 0 Å². The van der Waals surface area contributed by atoms with E-state index in [1.807, 2.05) is 0 Å². The number of aliphatic hydroxyl groups excluding tert-OH is 2. The first-order valence-electron chi connectivity index (χ1n) is 4.78. The van der Waals surface area contributed by atoms with Crippen molar-refractivity contribution in [3.8, 4) is 0 Å². The molecule has 0 rings (SSSR count). The zero-order valence-electron chi connectivity index (χ0n) is 9.15. The van der Waals surface area contributed by atoms with Crippen LogP contribution in [0.4, 0.5) is 0 Å². The third-order valence-electron chi connectivity index (χ3n) is 1.12. The van der Waals surface area contributed by atoms with Crippen molar-refractivity contribution in [3.63, 3.8) is 0 Å². The summed E-state index contributed by atoms with van der Waals surface area (Å²) in [7, 11) is 0. The van der Waals surface area contributed by atoms with E-state index >= 15 is 0 Å². The predicted molar refractivity (Wildman–Crippen MR) is 56.4 cm³/mol. The molecule has 0 saturated heterocycles. The highest BCUT2D eigenvalue weighted by Gasteiger charge is 1.92. The molecule has 5 heteroatoms. The number of esters is 1. The average Bonchev–Trinajstić information content (AvgIpc) is 2.27. The zero-order valence-corrected chi connectivity index (χ0v) is 9.15. The van der Waals surface area contributed by atoms with Crippen LogP contribution in [0.1, 0.15) is 13.3 Å². The molecule has 0 atom stereocenters. The molecule has 2 N–H and O–H groups in total. The highest BCUT2D eigenvalue weighted by atomic mass is 16.5. The molecule has 0 aliphatic heterocycles. The van der Waals surface area contributed by atoms with Gasteiger partial charge in [-0.3, -0.25) is 4.79 Å². The Bertz CT molecular complexity index is 143. The van der Waals surface area contributed by atoms with E-state index in [-0.39, 0.29) is 19.2 Å². The molecule has 0 unspecified atom stereocenters. The second-order valence-corrected chi connectivity index (χ2v) is 2.38. The molecule has 0 saturated carbocycles. The molecular weight excluding hydrogens is 200 g/mol. The van der Waals surface area contributed by atoms with Gasteiger partial charge in [-0.1, -0.05) is 19.6 Å². The quantitative estimate of drug-likeness (QED) is 0.362. The molecule has 0 fully saturated rings. The summed E-state index contributed by atoms with van der Waals surface area (Å²) in [5.41, 5.74) is 0. The monoisotopic (exact) mass is 220 g/mol. The van der Waals surface area contributed by atoms with Crippen molar-refractivity contribution in [1.29, 1.82) is 0 Å². The van der Waals surface area contributed by atoms with E-state index in [1.54, 1.807) is 13.0 Å². The van der Waals surface area contributed by atoms with Gasteiger partial charge in [0.1, 0.15) is 6.61 Å². The summed E-state index contributed by atoms with van der Waals surface area (Å²) >= 11 is 0. The molecule has 0 aromatic carbocycles. The SMILES string of the molecule is C=CCOC(=O)CC.OCCOCCO. The van der Waals surface area contributed by atoms with Gasteiger partial charge in [0.05, 0.1) is 26.4 Å². The maximum absolute atomic E-state index is 10.3. The van der Waals surface area contributed by atoms with Crippen molar-refractivity contribution in [1.82, 2.24) is 0 Å². The second-order valence-electron chi connectivity index (χ2n) is 2.38. The first-order valence-corrected chi connectivity index (χ1v) is 4.78. The van der Waals surface area contributed by atoms with Crippen LogP contribution < -0.4 is 0 Å². The van der Waals surface area contributed by atoms with Crippen molar-refractivity contribution in [2.24, 2.45) is 0 Å². The van der Waals surface area contributed by atoms with E-state index < -0.39 is 0 Å². The molecular formula is C10H20O5. The van der Waals surface area contributed by atoms with Crippen LogP contribution in [0, 0.1) is 0 Å². The van der Waals surface area contributed by atoms with Crippen molar-refractivity contribution in [2.75, 3.05) is 33.0 Å². The Morgan fingerprint density at radius 3 is 2.20 bits per heavy atom. The lowest BCUT2D eigenvalue weighted by Crippen LogP contribution is -2.03. The van der Waals surface area contributed by atoms with E-state index in [4.69, 9.17) is 10.2 Å². The van der Waals surface area contributed by atoms with Gasteiger partial charge in [-0.15, -0.1) is 0 Å². The molecule has 0 bridgehead atoms. The summed E-state index contributed by atoms with van der Waals surface area (Å²) in [6.45, 7) is 6.17. The van der Waals surface area contributed by atoms with E-state index in [9.17, 15) is 4.79 Å². The number of carbonyl (C=O) groups excluding carboxylic acids is 1. The number of hydrogen-bond acceptors (Lipinski definition) is 5. The molecule has 0 aromatic rings. The van der Waals surface area contributed by atoms with Gasteiger partial charge in [0.25, 0.3) is 0 Å². The summed E-state index contributed by atoms with van der Waals surface area (Å²) in [5, 5.41) is 16.2. The molecule has 90 valence electrons. The van der Waals surface area contributed by atoms with Crippen LogP contribution in [0.25, 0.3) is 0 Å². The molecule has 0 amide bonds. The van der Waals surface area contributed by atoms with E-state index in [1.165, 1.54) is 0 Å². The van der Waals surface area contributed by atoms with Crippen LogP contribution in [0.15, 0.2) is 12.7 Å². The highest BCUT2D eigenvalue weighted by Crippen LogP contribution is 1.82. The Labute approximate surface area is 90.3 Å². The minimum Gasteiger partial charge on any atom is -0.461 e. The van der Waals surface area contributed by atoms with Gasteiger partial charge in [0.2, 0.25) is 0 Å². The highest BCUT2D eigenvalue weighted by molar-refractivity contribution is 5.68. The summed E-state index contributed by atoms with van der Waals surface area (Å²) in [5.74, 6) is -0.176. The van der Waals surface area contributed by atoms with E-state index in [0.29, 0.717) is 26.2 Å². The lowest BCUT2D eigenvalue weighted by atomic mass is 10.5. The fraction of sp³-hybridized carbons (Fsp3) is 0.700. The number of hydrogen-bond donors (Lipinski definition) is 2. The van der Waals surface area contributed by atoms with Crippen LogP contribution in [0.3, 0.4) is 0 Å². The van der Waals surface area contributed by atoms with Gasteiger partial charge in [-0.2, -0.15) is 0 Å². The molecule has 0 radical (unpaired) electrons. The lowest BCUT2D eigenvalue weighted by Gasteiger charge is -1.94. The first kappa shape index (κ1) is 16.5. The van der Waals surface area contributed by atoms with Gasteiger partial charge in [0.15, 0.2) is 0 Å². The van der Waals surface area contributed by atoms with Gasteiger partial charge in [-0.05, 0) is 0 Å². The Kier molecular flexibility index (Phi) is 17.1. The average molecular weight is 220 g/mol. The maximum atomic E-state index is 10.3. The maximum Gasteiger partial charge on any atom is 0.305 e. The Balaban J connectivity index is 0. The third-order valence-corrected chi connectivity index (χ3v) is 1.12. The van der Waals surface area contributed by atoms with Crippen molar-refractivity contribution in [2.45, 2.75) is 13.3 Å². The molecule has 0 aliphatic rings. The topological polar surface area (TPSA) is 76.0 Å². The summed E-state index contributed by atoms with van der Waals surface area (Å²) in [6.07, 6.45) is 1.99. The van der Waals surface area contributed by atoms with Crippen LogP contribution in [0.2, 0.25) is 0 Å². The Morgan fingerprint density at radius 1 is 1.33 bits per heavy atom. The van der Waals surface area contributed by atoms with Crippen molar-refractivity contribution < 1.29 is 24.5 Å². The minimum atomic E-state index is -0.176. The van der Waals surface area contributed by atoms with Crippen LogP contribution in [0.5, 0.6) is 0 Å².